The molecule has 0 aliphatic rings. The van der Waals surface area contributed by atoms with Crippen molar-refractivity contribution in [2.75, 3.05) is 6.61 Å². The quantitative estimate of drug-likeness (QED) is 0.805. The lowest BCUT2D eigenvalue weighted by molar-refractivity contribution is 0.340. The molecule has 0 heterocycles. The Morgan fingerprint density at radius 3 is 2.50 bits per heavy atom. The van der Waals surface area contributed by atoms with Crippen LogP contribution in [0.2, 0.25) is 5.02 Å². The van der Waals surface area contributed by atoms with Gasteiger partial charge in [-0.3, -0.25) is 0 Å². The van der Waals surface area contributed by atoms with Crippen LogP contribution >= 0.6 is 27.5 Å². The van der Waals surface area contributed by atoms with Crippen LogP contribution in [0.3, 0.4) is 0 Å². The highest BCUT2D eigenvalue weighted by Crippen LogP contribution is 2.32. The van der Waals surface area contributed by atoms with E-state index in [9.17, 15) is 4.39 Å². The van der Waals surface area contributed by atoms with Crippen molar-refractivity contribution in [1.82, 2.24) is 0 Å². The maximum Gasteiger partial charge on any atom is 0.148 e. The van der Waals surface area contributed by atoms with Crippen LogP contribution in [0.15, 0.2) is 40.9 Å². The predicted octanol–water partition coefficient (Wildman–Crippen LogP) is 4.69. The summed E-state index contributed by atoms with van der Waals surface area (Å²) in [6, 6.07) is 10.0. The van der Waals surface area contributed by atoms with Gasteiger partial charge in [0.2, 0.25) is 0 Å². The second kappa shape index (κ2) is 6.57. The normalized spacial score (nSPS) is 12.2. The molecule has 0 radical (unpaired) electrons. The minimum Gasteiger partial charge on any atom is -0.494 e. The molecule has 20 heavy (non-hydrogen) atoms. The van der Waals surface area contributed by atoms with Gasteiger partial charge in [-0.05, 0) is 46.6 Å². The number of halogens is 3. The Labute approximate surface area is 130 Å². The van der Waals surface area contributed by atoms with Crippen LogP contribution in [0.25, 0.3) is 0 Å². The standard InChI is InChI=1S/C15H14BrClFNO/c1-2-20-10-5-3-9(4-6-10)15(19)11-7-8-12(16)13(17)14(11)18/h3-8,15H,2,19H2,1H3. The van der Waals surface area contributed by atoms with Crippen LogP contribution in [0.1, 0.15) is 24.1 Å². The smallest absolute Gasteiger partial charge is 0.148 e. The maximum atomic E-state index is 14.1. The molecule has 2 aromatic rings. The van der Waals surface area contributed by atoms with Crippen molar-refractivity contribution < 1.29 is 9.13 Å². The highest BCUT2D eigenvalue weighted by atomic mass is 79.9. The lowest BCUT2D eigenvalue weighted by Crippen LogP contribution is -2.14. The van der Waals surface area contributed by atoms with E-state index in [4.69, 9.17) is 22.1 Å². The lowest BCUT2D eigenvalue weighted by Gasteiger charge is -2.15. The van der Waals surface area contributed by atoms with E-state index in [2.05, 4.69) is 15.9 Å². The molecule has 5 heteroatoms. The van der Waals surface area contributed by atoms with Crippen LogP contribution in [-0.4, -0.2) is 6.61 Å². The summed E-state index contributed by atoms with van der Waals surface area (Å²) >= 11 is 9.07. The highest BCUT2D eigenvalue weighted by Gasteiger charge is 2.17. The number of hydrogen-bond acceptors (Lipinski definition) is 2. The third kappa shape index (κ3) is 3.14. The summed E-state index contributed by atoms with van der Waals surface area (Å²) in [7, 11) is 0. The molecule has 106 valence electrons. The molecule has 0 spiro atoms. The molecule has 0 bridgehead atoms. The van der Waals surface area contributed by atoms with Crippen molar-refractivity contribution in [1.29, 1.82) is 0 Å². The monoisotopic (exact) mass is 357 g/mol. The van der Waals surface area contributed by atoms with E-state index >= 15 is 0 Å². The SMILES string of the molecule is CCOc1ccc(C(N)c2ccc(Br)c(Cl)c2F)cc1. The van der Waals surface area contributed by atoms with Crippen LogP contribution in [0.4, 0.5) is 4.39 Å². The average Bonchev–Trinajstić information content (AvgIpc) is 2.45. The van der Waals surface area contributed by atoms with Crippen molar-refractivity contribution in [3.05, 3.63) is 62.8 Å². The Morgan fingerprint density at radius 1 is 1.25 bits per heavy atom. The van der Waals surface area contributed by atoms with Crippen LogP contribution in [0, 0.1) is 5.82 Å². The van der Waals surface area contributed by atoms with Crippen LogP contribution in [0.5, 0.6) is 5.75 Å². The van der Waals surface area contributed by atoms with Gasteiger partial charge in [0.15, 0.2) is 0 Å². The van der Waals surface area contributed by atoms with E-state index in [-0.39, 0.29) is 5.02 Å². The molecule has 0 saturated carbocycles. The summed E-state index contributed by atoms with van der Waals surface area (Å²) in [5, 5.41) is 0.0453. The van der Waals surface area contributed by atoms with E-state index in [1.54, 1.807) is 12.1 Å². The van der Waals surface area contributed by atoms with Crippen LogP contribution < -0.4 is 10.5 Å². The Kier molecular flexibility index (Phi) is 5.02. The molecular weight excluding hydrogens is 345 g/mol. The molecule has 0 aliphatic heterocycles. The van der Waals surface area contributed by atoms with Gasteiger partial charge in [0.1, 0.15) is 11.6 Å². The van der Waals surface area contributed by atoms with Gasteiger partial charge >= 0.3 is 0 Å². The number of benzene rings is 2. The molecule has 2 aromatic carbocycles. The average molecular weight is 359 g/mol. The summed E-state index contributed by atoms with van der Waals surface area (Å²) < 4.78 is 20.0. The molecule has 1 atom stereocenters. The second-order valence-electron chi connectivity index (χ2n) is 4.24. The van der Waals surface area contributed by atoms with Gasteiger partial charge in [0.25, 0.3) is 0 Å². The fraction of sp³-hybridized carbons (Fsp3) is 0.200. The van der Waals surface area contributed by atoms with Crippen molar-refractivity contribution in [2.45, 2.75) is 13.0 Å². The third-order valence-corrected chi connectivity index (χ3v) is 4.21. The largest absolute Gasteiger partial charge is 0.494 e. The van der Waals surface area contributed by atoms with Crippen LogP contribution in [-0.2, 0) is 0 Å². The first-order valence-electron chi connectivity index (χ1n) is 6.16. The number of ether oxygens (including phenoxy) is 1. The molecular formula is C15H14BrClFNO. The van der Waals surface area contributed by atoms with E-state index in [1.165, 1.54) is 0 Å². The van der Waals surface area contributed by atoms with E-state index in [1.807, 2.05) is 31.2 Å². The van der Waals surface area contributed by atoms with Gasteiger partial charge in [0.05, 0.1) is 17.7 Å². The predicted molar refractivity (Wildman–Crippen MR) is 82.8 cm³/mol. The summed E-state index contributed by atoms with van der Waals surface area (Å²) in [5.41, 5.74) is 7.27. The maximum absolute atomic E-state index is 14.1. The van der Waals surface area contributed by atoms with Gasteiger partial charge in [0, 0.05) is 10.0 Å². The molecule has 0 saturated heterocycles. The summed E-state index contributed by atoms with van der Waals surface area (Å²) in [6.07, 6.45) is 0. The number of nitrogens with two attached hydrogens (primary N) is 1. The van der Waals surface area contributed by atoms with Crippen molar-refractivity contribution in [3.63, 3.8) is 0 Å². The Hall–Kier alpha value is -1.10. The first kappa shape index (κ1) is 15.3. The fourth-order valence-electron chi connectivity index (χ4n) is 1.90. The minimum absolute atomic E-state index is 0.0453. The molecule has 0 amide bonds. The first-order chi connectivity index (χ1) is 9.54. The molecule has 2 rings (SSSR count). The molecule has 1 unspecified atom stereocenters. The lowest BCUT2D eigenvalue weighted by atomic mass is 9.99. The first-order valence-corrected chi connectivity index (χ1v) is 7.33. The zero-order chi connectivity index (χ0) is 14.7. The number of hydrogen-bond donors (Lipinski definition) is 1. The summed E-state index contributed by atoms with van der Waals surface area (Å²) in [5.74, 6) is 0.264. The Balaban J connectivity index is 2.31. The van der Waals surface area contributed by atoms with Crippen molar-refractivity contribution in [2.24, 2.45) is 5.73 Å². The summed E-state index contributed by atoms with van der Waals surface area (Å²) in [4.78, 5) is 0. The number of rotatable bonds is 4. The zero-order valence-electron chi connectivity index (χ0n) is 10.9. The van der Waals surface area contributed by atoms with Gasteiger partial charge in [-0.2, -0.15) is 0 Å². The topological polar surface area (TPSA) is 35.2 Å². The highest BCUT2D eigenvalue weighted by molar-refractivity contribution is 9.10. The molecule has 2 N–H and O–H groups in total. The summed E-state index contributed by atoms with van der Waals surface area (Å²) in [6.45, 7) is 2.52. The molecule has 0 aromatic heterocycles. The molecule has 2 nitrogen and oxygen atoms in total. The molecule has 0 fully saturated rings. The van der Waals surface area contributed by atoms with E-state index < -0.39 is 11.9 Å². The van der Waals surface area contributed by atoms with E-state index in [0.717, 1.165) is 11.3 Å². The van der Waals surface area contributed by atoms with Gasteiger partial charge in [-0.15, -0.1) is 0 Å². The van der Waals surface area contributed by atoms with Crippen molar-refractivity contribution >= 4 is 27.5 Å². The van der Waals surface area contributed by atoms with Gasteiger partial charge in [-0.1, -0.05) is 29.8 Å². The van der Waals surface area contributed by atoms with E-state index in [0.29, 0.717) is 16.6 Å². The third-order valence-electron chi connectivity index (χ3n) is 2.95. The zero-order valence-corrected chi connectivity index (χ0v) is 13.2. The Morgan fingerprint density at radius 2 is 1.90 bits per heavy atom. The van der Waals surface area contributed by atoms with Crippen molar-refractivity contribution in [3.8, 4) is 5.75 Å². The second-order valence-corrected chi connectivity index (χ2v) is 5.48. The fourth-order valence-corrected chi connectivity index (χ4v) is 2.38. The van der Waals surface area contributed by atoms with Gasteiger partial charge < -0.3 is 10.5 Å². The Bertz CT molecular complexity index is 604. The van der Waals surface area contributed by atoms with Gasteiger partial charge in [-0.25, -0.2) is 4.39 Å². The minimum atomic E-state index is -0.573. The molecule has 0 aliphatic carbocycles.